The second-order valence-corrected chi connectivity index (χ2v) is 2.43. The minimum Gasteiger partial charge on any atom is -0.624 e. The van der Waals surface area contributed by atoms with Crippen LogP contribution in [0.4, 0.5) is 0 Å². The van der Waals surface area contributed by atoms with Crippen LogP contribution in [0.3, 0.4) is 0 Å². The van der Waals surface area contributed by atoms with Crippen LogP contribution in [0.5, 0.6) is 0 Å². The zero-order valence-corrected chi connectivity index (χ0v) is 6.81. The van der Waals surface area contributed by atoms with Gasteiger partial charge >= 0.3 is 0 Å². The summed E-state index contributed by atoms with van der Waals surface area (Å²) in [7, 11) is 0. The van der Waals surface area contributed by atoms with Crippen LogP contribution < -0.4 is 0 Å². The summed E-state index contributed by atoms with van der Waals surface area (Å²) in [4.78, 5) is 0. The van der Waals surface area contributed by atoms with Gasteiger partial charge in [0.2, 0.25) is 0 Å². The van der Waals surface area contributed by atoms with E-state index < -0.39 is 0 Å². The van der Waals surface area contributed by atoms with Crippen LogP contribution in [0, 0.1) is 5.21 Å². The Hall–Kier alpha value is -1.57. The molecule has 0 saturated carbocycles. The number of hydrogen-bond acceptors (Lipinski definition) is 1. The van der Waals surface area contributed by atoms with E-state index in [2.05, 4.69) is 6.58 Å². The molecule has 0 heterocycles. The van der Waals surface area contributed by atoms with Gasteiger partial charge in [0.25, 0.3) is 0 Å². The minimum atomic E-state index is 0.328. The van der Waals surface area contributed by atoms with Crippen LogP contribution in [0.1, 0.15) is 5.56 Å². The maximum atomic E-state index is 11.0. The van der Waals surface area contributed by atoms with Gasteiger partial charge < -0.3 is 5.21 Å². The molecular weight excluding hydrogens is 150 g/mol. The maximum absolute atomic E-state index is 11.0. The molecule has 1 aromatic carbocycles. The van der Waals surface area contributed by atoms with Crippen molar-refractivity contribution in [2.45, 2.75) is 0 Å². The Kier molecular flexibility index (Phi) is 3.08. The molecule has 1 rings (SSSR count). The first-order valence-electron chi connectivity index (χ1n) is 3.77. The van der Waals surface area contributed by atoms with E-state index in [0.717, 1.165) is 10.3 Å². The SMILES string of the molecule is C=CC/[N+]([O-])=C/c1ccccc1. The number of nitrogens with zero attached hydrogens (tertiary/aromatic N) is 1. The van der Waals surface area contributed by atoms with E-state index >= 15 is 0 Å². The van der Waals surface area contributed by atoms with E-state index in [9.17, 15) is 5.21 Å². The van der Waals surface area contributed by atoms with Crippen molar-refractivity contribution >= 4 is 6.21 Å². The van der Waals surface area contributed by atoms with Crippen molar-refractivity contribution in [1.29, 1.82) is 0 Å². The Balaban J connectivity index is 2.74. The van der Waals surface area contributed by atoms with E-state index in [4.69, 9.17) is 0 Å². The fraction of sp³-hybridized carbons (Fsp3) is 0.100. The van der Waals surface area contributed by atoms with Gasteiger partial charge in [-0.1, -0.05) is 24.8 Å². The van der Waals surface area contributed by atoms with Crippen molar-refractivity contribution < 1.29 is 4.74 Å². The van der Waals surface area contributed by atoms with Crippen LogP contribution in [-0.2, 0) is 0 Å². The van der Waals surface area contributed by atoms with E-state index in [1.165, 1.54) is 0 Å². The van der Waals surface area contributed by atoms with Crippen LogP contribution in [-0.4, -0.2) is 17.5 Å². The highest BCUT2D eigenvalue weighted by molar-refractivity contribution is 5.75. The zero-order valence-electron chi connectivity index (χ0n) is 6.81. The maximum Gasteiger partial charge on any atom is 0.182 e. The summed E-state index contributed by atoms with van der Waals surface area (Å²) in [6.07, 6.45) is 3.12. The van der Waals surface area contributed by atoms with Gasteiger partial charge in [-0.2, -0.15) is 0 Å². The molecule has 0 atom stereocenters. The smallest absolute Gasteiger partial charge is 0.182 e. The summed E-state index contributed by atoms with van der Waals surface area (Å²) in [5.74, 6) is 0. The van der Waals surface area contributed by atoms with Gasteiger partial charge in [-0.15, -0.1) is 0 Å². The number of benzene rings is 1. The van der Waals surface area contributed by atoms with E-state index in [1.807, 2.05) is 30.3 Å². The van der Waals surface area contributed by atoms with E-state index in [0.29, 0.717) is 6.54 Å². The third-order valence-corrected chi connectivity index (χ3v) is 1.40. The molecule has 0 radical (unpaired) electrons. The van der Waals surface area contributed by atoms with E-state index in [1.54, 1.807) is 12.3 Å². The van der Waals surface area contributed by atoms with E-state index in [-0.39, 0.29) is 0 Å². The molecule has 0 spiro atoms. The predicted molar refractivity (Wildman–Crippen MR) is 50.3 cm³/mol. The molecule has 0 bridgehead atoms. The Morgan fingerprint density at radius 2 is 2.00 bits per heavy atom. The first-order chi connectivity index (χ1) is 5.83. The summed E-state index contributed by atoms with van der Waals surface area (Å²) >= 11 is 0. The van der Waals surface area contributed by atoms with Crippen LogP contribution in [0.15, 0.2) is 43.0 Å². The topological polar surface area (TPSA) is 26.1 Å². The normalized spacial score (nSPS) is 11.2. The molecule has 62 valence electrons. The summed E-state index contributed by atoms with van der Waals surface area (Å²) in [5, 5.41) is 11.0. The molecule has 0 aliphatic heterocycles. The summed E-state index contributed by atoms with van der Waals surface area (Å²) < 4.78 is 0.850. The van der Waals surface area contributed by atoms with Gasteiger partial charge in [0.1, 0.15) is 0 Å². The summed E-state index contributed by atoms with van der Waals surface area (Å²) in [6, 6.07) is 9.48. The van der Waals surface area contributed by atoms with Gasteiger partial charge in [-0.3, -0.25) is 0 Å². The highest BCUT2D eigenvalue weighted by atomic mass is 16.5. The molecule has 0 saturated heterocycles. The van der Waals surface area contributed by atoms with Crippen molar-refractivity contribution in [1.82, 2.24) is 0 Å². The van der Waals surface area contributed by atoms with Gasteiger partial charge in [0, 0.05) is 5.56 Å². The highest BCUT2D eigenvalue weighted by Crippen LogP contribution is 1.93. The molecule has 2 heteroatoms. The van der Waals surface area contributed by atoms with Gasteiger partial charge in [0.15, 0.2) is 12.8 Å². The lowest BCUT2D eigenvalue weighted by Gasteiger charge is -1.98. The molecule has 0 unspecified atom stereocenters. The van der Waals surface area contributed by atoms with Gasteiger partial charge in [0.05, 0.1) is 0 Å². The van der Waals surface area contributed by atoms with Crippen LogP contribution >= 0.6 is 0 Å². The standard InChI is InChI=1S/C10H11NO/c1-2-8-11(12)9-10-6-4-3-5-7-10/h2-7,9H,1,8H2/b11-9-. The third-order valence-electron chi connectivity index (χ3n) is 1.40. The molecule has 0 aliphatic carbocycles. The molecule has 0 aromatic heterocycles. The van der Waals surface area contributed by atoms with Gasteiger partial charge in [-0.05, 0) is 18.2 Å². The third kappa shape index (κ3) is 2.58. The first kappa shape index (κ1) is 8.53. The first-order valence-corrected chi connectivity index (χ1v) is 3.77. The van der Waals surface area contributed by atoms with Crippen molar-refractivity contribution in [2.75, 3.05) is 6.54 Å². The number of hydroxylamine groups is 1. The molecular formula is C10H11NO. The Bertz CT molecular complexity index is 277. The Morgan fingerprint density at radius 3 is 2.58 bits per heavy atom. The fourth-order valence-electron chi connectivity index (χ4n) is 0.885. The molecule has 0 aliphatic rings. The minimum absolute atomic E-state index is 0.328. The monoisotopic (exact) mass is 161 g/mol. The second-order valence-electron chi connectivity index (χ2n) is 2.43. The quantitative estimate of drug-likeness (QED) is 0.218. The van der Waals surface area contributed by atoms with Crippen molar-refractivity contribution in [3.63, 3.8) is 0 Å². The Labute approximate surface area is 72.1 Å². The van der Waals surface area contributed by atoms with Crippen LogP contribution in [0.25, 0.3) is 0 Å². The lowest BCUT2D eigenvalue weighted by Crippen LogP contribution is -2.04. The lowest BCUT2D eigenvalue weighted by atomic mass is 10.2. The highest BCUT2D eigenvalue weighted by Gasteiger charge is 1.90. The molecule has 12 heavy (non-hydrogen) atoms. The molecule has 2 nitrogen and oxygen atoms in total. The largest absolute Gasteiger partial charge is 0.624 e. The zero-order chi connectivity index (χ0) is 8.81. The number of hydrogen-bond donors (Lipinski definition) is 0. The fourth-order valence-corrected chi connectivity index (χ4v) is 0.885. The molecule has 0 amide bonds. The predicted octanol–water partition coefficient (Wildman–Crippen LogP) is 1.80. The van der Waals surface area contributed by atoms with Gasteiger partial charge in [-0.25, -0.2) is 4.74 Å². The van der Waals surface area contributed by atoms with Crippen molar-refractivity contribution in [3.8, 4) is 0 Å². The average molecular weight is 161 g/mol. The van der Waals surface area contributed by atoms with Crippen molar-refractivity contribution in [3.05, 3.63) is 53.8 Å². The second kappa shape index (κ2) is 4.34. The molecule has 0 fully saturated rings. The molecule has 1 aromatic rings. The summed E-state index contributed by atoms with van der Waals surface area (Å²) in [6.45, 7) is 3.81. The van der Waals surface area contributed by atoms with Crippen molar-refractivity contribution in [2.24, 2.45) is 0 Å². The lowest BCUT2D eigenvalue weighted by molar-refractivity contribution is -0.440. The number of rotatable bonds is 3. The van der Waals surface area contributed by atoms with Crippen LogP contribution in [0.2, 0.25) is 0 Å². The Morgan fingerprint density at radius 1 is 1.33 bits per heavy atom. The average Bonchev–Trinajstić information content (AvgIpc) is 2.06. The molecule has 0 N–H and O–H groups in total. The summed E-state index contributed by atoms with van der Waals surface area (Å²) in [5.41, 5.74) is 0.911.